The van der Waals surface area contributed by atoms with Gasteiger partial charge < -0.3 is 14.2 Å². The Morgan fingerprint density at radius 1 is 1.24 bits per heavy atom. The summed E-state index contributed by atoms with van der Waals surface area (Å²) in [5, 5.41) is 0. The van der Waals surface area contributed by atoms with Gasteiger partial charge in [0.25, 0.3) is 0 Å². The lowest BCUT2D eigenvalue weighted by atomic mass is 10.2. The first-order valence-electron chi connectivity index (χ1n) is 5.22. The van der Waals surface area contributed by atoms with Crippen molar-refractivity contribution in [2.75, 3.05) is 20.8 Å². The molecule has 0 unspecified atom stereocenters. The molecule has 17 heavy (non-hydrogen) atoms. The Morgan fingerprint density at radius 3 is 2.18 bits per heavy atom. The van der Waals surface area contributed by atoms with Gasteiger partial charge >= 0.3 is 5.97 Å². The van der Waals surface area contributed by atoms with E-state index in [4.69, 9.17) is 14.2 Å². The fraction of sp³-hybridized carbons (Fsp3) is 0.417. The van der Waals surface area contributed by atoms with Crippen LogP contribution in [0.2, 0.25) is 0 Å². The van der Waals surface area contributed by atoms with Crippen LogP contribution in [0.5, 0.6) is 11.5 Å². The predicted molar refractivity (Wildman–Crippen MR) is 67.8 cm³/mol. The number of ether oxygens (including phenoxy) is 3. The van der Waals surface area contributed by atoms with Crippen LogP contribution in [0.15, 0.2) is 16.6 Å². The minimum Gasteiger partial charge on any atom is -0.495 e. The summed E-state index contributed by atoms with van der Waals surface area (Å²) in [7, 11) is 3.06. The molecule has 0 fully saturated rings. The number of carbonyl (C=O) groups is 1. The molecule has 0 amide bonds. The Balaban J connectivity index is 3.04. The van der Waals surface area contributed by atoms with Crippen LogP contribution in [-0.4, -0.2) is 26.8 Å². The van der Waals surface area contributed by atoms with Crippen LogP contribution in [-0.2, 0) is 4.74 Å². The first-order chi connectivity index (χ1) is 8.13. The molecule has 0 aliphatic heterocycles. The van der Waals surface area contributed by atoms with Gasteiger partial charge in [0.05, 0.1) is 26.4 Å². The molecule has 0 aromatic heterocycles. The third kappa shape index (κ3) is 3.36. The highest BCUT2D eigenvalue weighted by Crippen LogP contribution is 2.35. The Bertz CT molecular complexity index is 378. The zero-order valence-electron chi connectivity index (χ0n) is 10.1. The number of rotatable bonds is 5. The maximum absolute atomic E-state index is 11.7. The van der Waals surface area contributed by atoms with Crippen molar-refractivity contribution in [2.45, 2.75) is 13.3 Å². The number of carbonyl (C=O) groups excluding carboxylic acids is 1. The molecule has 0 bridgehead atoms. The number of benzene rings is 1. The third-order valence-electron chi connectivity index (χ3n) is 2.12. The van der Waals surface area contributed by atoms with Crippen molar-refractivity contribution in [3.8, 4) is 11.5 Å². The number of halogens is 1. The van der Waals surface area contributed by atoms with E-state index in [0.717, 1.165) is 6.42 Å². The van der Waals surface area contributed by atoms with Gasteiger partial charge in [-0.3, -0.25) is 0 Å². The highest BCUT2D eigenvalue weighted by molar-refractivity contribution is 9.10. The molecule has 94 valence electrons. The van der Waals surface area contributed by atoms with Gasteiger partial charge in [0.1, 0.15) is 16.0 Å². The molecule has 0 heterocycles. The standard InChI is InChI=1S/C12H15BrO4/c1-4-5-17-12(14)8-6-9(15-2)11(13)10(7-8)16-3/h6-7H,4-5H2,1-3H3. The van der Waals surface area contributed by atoms with E-state index in [9.17, 15) is 4.79 Å². The maximum atomic E-state index is 11.7. The first kappa shape index (κ1) is 13.8. The van der Waals surface area contributed by atoms with Gasteiger partial charge in [-0.15, -0.1) is 0 Å². The Kier molecular flexibility index (Phi) is 5.28. The van der Waals surface area contributed by atoms with E-state index in [-0.39, 0.29) is 5.97 Å². The molecule has 0 atom stereocenters. The lowest BCUT2D eigenvalue weighted by Crippen LogP contribution is -2.06. The molecule has 0 N–H and O–H groups in total. The predicted octanol–water partition coefficient (Wildman–Crippen LogP) is 3.03. The smallest absolute Gasteiger partial charge is 0.338 e. The van der Waals surface area contributed by atoms with Crippen molar-refractivity contribution in [1.82, 2.24) is 0 Å². The van der Waals surface area contributed by atoms with Crippen molar-refractivity contribution in [2.24, 2.45) is 0 Å². The second kappa shape index (κ2) is 6.49. The average molecular weight is 303 g/mol. The normalized spacial score (nSPS) is 9.88. The molecule has 5 heteroatoms. The molecule has 1 rings (SSSR count). The summed E-state index contributed by atoms with van der Waals surface area (Å²) in [6.07, 6.45) is 0.788. The second-order valence-electron chi connectivity index (χ2n) is 3.33. The summed E-state index contributed by atoms with van der Waals surface area (Å²) in [4.78, 5) is 11.7. The fourth-order valence-electron chi connectivity index (χ4n) is 1.27. The van der Waals surface area contributed by atoms with Crippen LogP contribution in [0.1, 0.15) is 23.7 Å². The molecule has 0 aliphatic rings. The molecule has 4 nitrogen and oxygen atoms in total. The summed E-state index contributed by atoms with van der Waals surface area (Å²) >= 11 is 3.34. The number of hydrogen-bond acceptors (Lipinski definition) is 4. The van der Waals surface area contributed by atoms with Gasteiger partial charge in [0.15, 0.2) is 0 Å². The van der Waals surface area contributed by atoms with Gasteiger partial charge in [-0.2, -0.15) is 0 Å². The summed E-state index contributed by atoms with van der Waals surface area (Å²) in [5.74, 6) is 0.691. The van der Waals surface area contributed by atoms with Crippen LogP contribution in [0.25, 0.3) is 0 Å². The lowest BCUT2D eigenvalue weighted by molar-refractivity contribution is 0.0504. The number of methoxy groups -OCH3 is 2. The quantitative estimate of drug-likeness (QED) is 0.784. The van der Waals surface area contributed by atoms with Crippen LogP contribution < -0.4 is 9.47 Å². The van der Waals surface area contributed by atoms with Crippen LogP contribution in [0.4, 0.5) is 0 Å². The molecule has 0 saturated heterocycles. The van der Waals surface area contributed by atoms with Crippen LogP contribution in [0, 0.1) is 0 Å². The van der Waals surface area contributed by atoms with E-state index in [0.29, 0.717) is 28.1 Å². The summed E-state index contributed by atoms with van der Waals surface area (Å²) in [5.41, 5.74) is 0.412. The SMILES string of the molecule is CCCOC(=O)c1cc(OC)c(Br)c(OC)c1. The fourth-order valence-corrected chi connectivity index (χ4v) is 1.82. The second-order valence-corrected chi connectivity index (χ2v) is 4.12. The molecule has 0 radical (unpaired) electrons. The van der Waals surface area contributed by atoms with Gasteiger partial charge in [0.2, 0.25) is 0 Å². The van der Waals surface area contributed by atoms with Crippen LogP contribution in [0.3, 0.4) is 0 Å². The number of hydrogen-bond donors (Lipinski definition) is 0. The first-order valence-corrected chi connectivity index (χ1v) is 6.02. The molecule has 0 spiro atoms. The summed E-state index contributed by atoms with van der Waals surface area (Å²) in [6, 6.07) is 3.23. The molecule has 0 saturated carbocycles. The highest BCUT2D eigenvalue weighted by atomic mass is 79.9. The summed E-state index contributed by atoms with van der Waals surface area (Å²) in [6.45, 7) is 2.34. The molecular weight excluding hydrogens is 288 g/mol. The summed E-state index contributed by atoms with van der Waals surface area (Å²) < 4.78 is 16.0. The van der Waals surface area contributed by atoms with Crippen LogP contribution >= 0.6 is 15.9 Å². The molecule has 0 aliphatic carbocycles. The van der Waals surface area contributed by atoms with E-state index in [1.54, 1.807) is 12.1 Å². The Morgan fingerprint density at radius 2 is 1.76 bits per heavy atom. The van der Waals surface area contributed by atoms with E-state index < -0.39 is 0 Å². The third-order valence-corrected chi connectivity index (χ3v) is 2.90. The Labute approximate surface area is 109 Å². The average Bonchev–Trinajstić information content (AvgIpc) is 2.36. The molecule has 1 aromatic rings. The van der Waals surface area contributed by atoms with E-state index >= 15 is 0 Å². The number of esters is 1. The minimum absolute atomic E-state index is 0.379. The largest absolute Gasteiger partial charge is 0.495 e. The van der Waals surface area contributed by atoms with Crippen molar-refractivity contribution < 1.29 is 19.0 Å². The van der Waals surface area contributed by atoms with Crippen molar-refractivity contribution in [3.05, 3.63) is 22.2 Å². The van der Waals surface area contributed by atoms with Gasteiger partial charge in [0, 0.05) is 0 Å². The van der Waals surface area contributed by atoms with Gasteiger partial charge in [-0.05, 0) is 34.5 Å². The van der Waals surface area contributed by atoms with Crippen molar-refractivity contribution >= 4 is 21.9 Å². The monoisotopic (exact) mass is 302 g/mol. The topological polar surface area (TPSA) is 44.8 Å². The zero-order chi connectivity index (χ0) is 12.8. The minimum atomic E-state index is -0.379. The lowest BCUT2D eigenvalue weighted by Gasteiger charge is -2.11. The molecular formula is C12H15BrO4. The van der Waals surface area contributed by atoms with Gasteiger partial charge in [-0.25, -0.2) is 4.79 Å². The van der Waals surface area contributed by atoms with E-state index in [2.05, 4.69) is 15.9 Å². The zero-order valence-corrected chi connectivity index (χ0v) is 11.7. The van der Waals surface area contributed by atoms with Gasteiger partial charge in [-0.1, -0.05) is 6.92 Å². The van der Waals surface area contributed by atoms with E-state index in [1.165, 1.54) is 14.2 Å². The van der Waals surface area contributed by atoms with Crippen molar-refractivity contribution in [1.29, 1.82) is 0 Å². The van der Waals surface area contributed by atoms with E-state index in [1.807, 2.05) is 6.92 Å². The highest BCUT2D eigenvalue weighted by Gasteiger charge is 2.15. The maximum Gasteiger partial charge on any atom is 0.338 e. The van der Waals surface area contributed by atoms with Crippen molar-refractivity contribution in [3.63, 3.8) is 0 Å². The molecule has 1 aromatic carbocycles. The Hall–Kier alpha value is -1.23.